The molecule has 0 amide bonds. The number of nitrogens with zero attached hydrogens (tertiary/aromatic N) is 2. The van der Waals surface area contributed by atoms with E-state index < -0.39 is 0 Å². The Morgan fingerprint density at radius 2 is 2.20 bits per heavy atom. The van der Waals surface area contributed by atoms with Crippen molar-refractivity contribution in [2.45, 2.75) is 32.3 Å². The molecule has 0 radical (unpaired) electrons. The largest absolute Gasteiger partial charge is 0.393 e. The topological polar surface area (TPSA) is 36.4 Å². The Labute approximate surface area is 90.8 Å². The van der Waals surface area contributed by atoms with Crippen LogP contribution in [0.1, 0.15) is 25.0 Å². The van der Waals surface area contributed by atoms with Gasteiger partial charge in [0.05, 0.1) is 18.0 Å². The van der Waals surface area contributed by atoms with Crippen LogP contribution in [0, 0.1) is 6.92 Å². The first-order valence-electron chi connectivity index (χ1n) is 5.61. The van der Waals surface area contributed by atoms with Crippen LogP contribution in [0.25, 0.3) is 0 Å². The number of hydrogen-bond donors (Lipinski definition) is 1. The number of aliphatic hydroxyl groups excluding tert-OH is 1. The molecule has 0 saturated carbocycles. The van der Waals surface area contributed by atoms with Crippen LogP contribution in [-0.2, 0) is 0 Å². The summed E-state index contributed by atoms with van der Waals surface area (Å²) in [4.78, 5) is 6.61. The van der Waals surface area contributed by atoms with Crippen LogP contribution in [0.3, 0.4) is 0 Å². The molecule has 1 atom stereocenters. The molecule has 1 aromatic heterocycles. The van der Waals surface area contributed by atoms with Gasteiger partial charge in [0.15, 0.2) is 0 Å². The summed E-state index contributed by atoms with van der Waals surface area (Å²) >= 11 is 0. The summed E-state index contributed by atoms with van der Waals surface area (Å²) in [6, 6.07) is 4.15. The first-order chi connectivity index (χ1) is 7.25. The normalized spacial score (nSPS) is 22.5. The maximum atomic E-state index is 9.56. The fourth-order valence-electron chi connectivity index (χ4n) is 1.98. The molecule has 1 saturated heterocycles. The Kier molecular flexibility index (Phi) is 3.21. The first kappa shape index (κ1) is 10.4. The lowest BCUT2D eigenvalue weighted by molar-refractivity contribution is 0.161. The first-order valence-corrected chi connectivity index (χ1v) is 5.61. The zero-order valence-electron chi connectivity index (χ0n) is 9.19. The quantitative estimate of drug-likeness (QED) is 0.760. The smallest absolute Gasteiger partial charge is 0.0557 e. The van der Waals surface area contributed by atoms with Gasteiger partial charge in [-0.15, -0.1) is 0 Å². The molecule has 1 fully saturated rings. The maximum Gasteiger partial charge on any atom is 0.0557 e. The molecule has 2 heterocycles. The van der Waals surface area contributed by atoms with E-state index in [-0.39, 0.29) is 6.10 Å². The minimum atomic E-state index is -0.117. The van der Waals surface area contributed by atoms with Crippen LogP contribution in [0.15, 0.2) is 18.3 Å². The van der Waals surface area contributed by atoms with E-state index in [1.54, 1.807) is 0 Å². The molecular weight excluding hydrogens is 188 g/mol. The van der Waals surface area contributed by atoms with Crippen molar-refractivity contribution in [3.63, 3.8) is 0 Å². The minimum Gasteiger partial charge on any atom is -0.393 e. The molecule has 1 aliphatic heterocycles. The second-order valence-corrected chi connectivity index (χ2v) is 4.23. The van der Waals surface area contributed by atoms with Gasteiger partial charge in [-0.1, -0.05) is 0 Å². The average Bonchev–Trinajstić information content (AvgIpc) is 2.44. The van der Waals surface area contributed by atoms with Gasteiger partial charge in [-0.25, -0.2) is 0 Å². The number of aliphatic hydroxyl groups is 1. The number of aryl methyl sites for hydroxylation is 1. The van der Waals surface area contributed by atoms with E-state index in [1.807, 2.05) is 19.2 Å². The van der Waals surface area contributed by atoms with E-state index in [2.05, 4.69) is 16.0 Å². The van der Waals surface area contributed by atoms with Gasteiger partial charge < -0.3 is 10.0 Å². The summed E-state index contributed by atoms with van der Waals surface area (Å²) in [5.74, 6) is 0. The Balaban J connectivity index is 2.06. The summed E-state index contributed by atoms with van der Waals surface area (Å²) in [5.41, 5.74) is 2.23. The van der Waals surface area contributed by atoms with Crippen molar-refractivity contribution in [3.8, 4) is 0 Å². The van der Waals surface area contributed by atoms with Crippen LogP contribution in [0.5, 0.6) is 0 Å². The highest BCUT2D eigenvalue weighted by atomic mass is 16.3. The van der Waals surface area contributed by atoms with Crippen molar-refractivity contribution in [2.75, 3.05) is 18.0 Å². The predicted octanol–water partition coefficient (Wildman–Crippen LogP) is 1.74. The van der Waals surface area contributed by atoms with E-state index >= 15 is 0 Å². The van der Waals surface area contributed by atoms with Crippen molar-refractivity contribution in [3.05, 3.63) is 24.0 Å². The fourth-order valence-corrected chi connectivity index (χ4v) is 1.98. The van der Waals surface area contributed by atoms with Gasteiger partial charge in [-0.2, -0.15) is 0 Å². The molecule has 0 aromatic carbocycles. The Hall–Kier alpha value is -1.09. The lowest BCUT2D eigenvalue weighted by Gasteiger charge is -2.22. The molecule has 3 nitrogen and oxygen atoms in total. The Morgan fingerprint density at radius 1 is 1.33 bits per heavy atom. The lowest BCUT2D eigenvalue weighted by Crippen LogP contribution is -2.24. The maximum absolute atomic E-state index is 9.56. The Bertz CT molecular complexity index is 310. The van der Waals surface area contributed by atoms with Crippen LogP contribution in [0.4, 0.5) is 5.69 Å². The van der Waals surface area contributed by atoms with E-state index in [0.29, 0.717) is 0 Å². The molecule has 82 valence electrons. The van der Waals surface area contributed by atoms with Gasteiger partial charge in [-0.05, 0) is 38.3 Å². The van der Waals surface area contributed by atoms with Crippen LogP contribution >= 0.6 is 0 Å². The zero-order chi connectivity index (χ0) is 10.7. The van der Waals surface area contributed by atoms with Gasteiger partial charge in [0.1, 0.15) is 0 Å². The molecule has 15 heavy (non-hydrogen) atoms. The van der Waals surface area contributed by atoms with Crippen molar-refractivity contribution >= 4 is 5.69 Å². The molecule has 0 bridgehead atoms. The van der Waals surface area contributed by atoms with Crippen LogP contribution in [0.2, 0.25) is 0 Å². The number of hydrogen-bond acceptors (Lipinski definition) is 3. The number of anilines is 1. The number of pyridine rings is 1. The van der Waals surface area contributed by atoms with Gasteiger partial charge in [0.25, 0.3) is 0 Å². The van der Waals surface area contributed by atoms with E-state index in [9.17, 15) is 5.11 Å². The highest BCUT2D eigenvalue weighted by Crippen LogP contribution is 2.18. The zero-order valence-corrected chi connectivity index (χ0v) is 9.19. The summed E-state index contributed by atoms with van der Waals surface area (Å²) in [6.45, 7) is 3.96. The highest BCUT2D eigenvalue weighted by molar-refractivity contribution is 5.44. The lowest BCUT2D eigenvalue weighted by atomic mass is 10.2. The summed E-state index contributed by atoms with van der Waals surface area (Å²) < 4.78 is 0. The van der Waals surface area contributed by atoms with Gasteiger partial charge in [0, 0.05) is 18.8 Å². The summed E-state index contributed by atoms with van der Waals surface area (Å²) in [7, 11) is 0. The van der Waals surface area contributed by atoms with E-state index in [1.165, 1.54) is 5.69 Å². The van der Waals surface area contributed by atoms with Crippen LogP contribution < -0.4 is 4.90 Å². The molecule has 0 spiro atoms. The average molecular weight is 206 g/mol. The molecule has 3 heteroatoms. The monoisotopic (exact) mass is 206 g/mol. The molecule has 1 aliphatic rings. The molecular formula is C12H18N2O. The fraction of sp³-hybridized carbons (Fsp3) is 0.583. The molecule has 0 aliphatic carbocycles. The van der Waals surface area contributed by atoms with E-state index in [4.69, 9.17) is 0 Å². The van der Waals surface area contributed by atoms with Gasteiger partial charge in [0.2, 0.25) is 0 Å². The van der Waals surface area contributed by atoms with Crippen LogP contribution in [-0.4, -0.2) is 29.3 Å². The SMILES string of the molecule is Cc1ccc(N2CCC[C@H](O)CC2)cn1. The van der Waals surface area contributed by atoms with Crippen molar-refractivity contribution in [1.82, 2.24) is 4.98 Å². The molecule has 1 aromatic rings. The second-order valence-electron chi connectivity index (χ2n) is 4.23. The number of aromatic nitrogens is 1. The Morgan fingerprint density at radius 3 is 2.93 bits per heavy atom. The van der Waals surface area contributed by atoms with Crippen molar-refractivity contribution in [1.29, 1.82) is 0 Å². The van der Waals surface area contributed by atoms with Crippen molar-refractivity contribution in [2.24, 2.45) is 0 Å². The molecule has 2 rings (SSSR count). The number of rotatable bonds is 1. The highest BCUT2D eigenvalue weighted by Gasteiger charge is 2.14. The second kappa shape index (κ2) is 4.62. The third-order valence-corrected chi connectivity index (χ3v) is 2.96. The van der Waals surface area contributed by atoms with E-state index in [0.717, 1.165) is 38.0 Å². The standard InChI is InChI=1S/C12H18N2O/c1-10-4-5-11(9-13-10)14-7-2-3-12(15)6-8-14/h4-5,9,12,15H,2-3,6-8H2,1H3/t12-/m0/s1. The summed E-state index contributed by atoms with van der Waals surface area (Å²) in [6.07, 6.45) is 4.67. The molecule has 0 unspecified atom stereocenters. The summed E-state index contributed by atoms with van der Waals surface area (Å²) in [5, 5.41) is 9.56. The predicted molar refractivity (Wildman–Crippen MR) is 61.0 cm³/mol. The minimum absolute atomic E-state index is 0.117. The molecule has 1 N–H and O–H groups in total. The third-order valence-electron chi connectivity index (χ3n) is 2.96. The van der Waals surface area contributed by atoms with Crippen molar-refractivity contribution < 1.29 is 5.11 Å². The van der Waals surface area contributed by atoms with Gasteiger partial charge >= 0.3 is 0 Å². The third kappa shape index (κ3) is 2.69. The van der Waals surface area contributed by atoms with Gasteiger partial charge in [-0.3, -0.25) is 4.98 Å².